The number of ether oxygens (including phenoxy) is 1. The highest BCUT2D eigenvalue weighted by molar-refractivity contribution is 5.24. The summed E-state index contributed by atoms with van der Waals surface area (Å²) in [5, 5.41) is 23.4. The van der Waals surface area contributed by atoms with Crippen molar-refractivity contribution in [3.8, 4) is 0 Å². The minimum absolute atomic E-state index is 0.0703. The third-order valence-electron chi connectivity index (χ3n) is 4.35. The third kappa shape index (κ3) is 5.91. The quantitative estimate of drug-likeness (QED) is 0.607. The summed E-state index contributed by atoms with van der Waals surface area (Å²) >= 11 is 0. The van der Waals surface area contributed by atoms with E-state index in [4.69, 9.17) is 10.5 Å². The van der Waals surface area contributed by atoms with Crippen LogP contribution in [0.15, 0.2) is 42.6 Å². The number of methoxy groups -OCH3 is 1. The van der Waals surface area contributed by atoms with Crippen molar-refractivity contribution < 1.29 is 9.84 Å². The van der Waals surface area contributed by atoms with Gasteiger partial charge in [0.25, 0.3) is 0 Å². The molecule has 5 nitrogen and oxygen atoms in total. The number of hydrogen-bond acceptors (Lipinski definition) is 5. The van der Waals surface area contributed by atoms with Crippen molar-refractivity contribution in [2.75, 3.05) is 13.7 Å². The number of unbranched alkanes of at least 4 members (excludes halogenated alkanes) is 1. The highest BCUT2D eigenvalue weighted by Gasteiger charge is 2.25. The Kier molecular flexibility index (Phi) is 9.00. The van der Waals surface area contributed by atoms with Crippen molar-refractivity contribution >= 4 is 0 Å². The maximum absolute atomic E-state index is 12.4. The Hall–Kier alpha value is -1.40. The van der Waals surface area contributed by atoms with Crippen molar-refractivity contribution in [3.05, 3.63) is 53.4 Å². The zero-order valence-corrected chi connectivity index (χ0v) is 15.0. The predicted molar refractivity (Wildman–Crippen MR) is 98.1 cm³/mol. The predicted octanol–water partition coefficient (Wildman–Crippen LogP) is 3.20. The number of hydrogen-bond donors (Lipinski definition) is 2. The standard InChI is InChI=1S/C19H31N2O3/c1-5-6-12-17(20)19(24-4)14(2)13-21(23)15(3)18(22)16-10-8-7-9-11-16/h7-11,14,17-19,22H,3,5-6,12-13,20H2,1-2,4H3/q-1/t14-,17-,18+,19+/m0/s1. The first-order valence-electron chi connectivity index (χ1n) is 8.57. The molecule has 0 saturated carbocycles. The van der Waals surface area contributed by atoms with Crippen LogP contribution in [0.4, 0.5) is 0 Å². The fourth-order valence-corrected chi connectivity index (χ4v) is 2.88. The molecule has 1 aromatic carbocycles. The number of aliphatic hydroxyl groups is 1. The molecule has 0 saturated heterocycles. The Balaban J connectivity index is 2.63. The molecule has 5 heteroatoms. The SMILES string of the molecule is C=C([C@@H](O)c1ccccc1)N([O-])C[C@H](C)[C@@H](OC)[C@@H](N)CCCC. The van der Waals surface area contributed by atoms with Gasteiger partial charge in [-0.2, -0.15) is 0 Å². The Labute approximate surface area is 145 Å². The van der Waals surface area contributed by atoms with Crippen molar-refractivity contribution in [1.82, 2.24) is 5.06 Å². The first-order chi connectivity index (χ1) is 11.4. The smallest absolute Gasteiger partial charge is 0.117 e. The summed E-state index contributed by atoms with van der Waals surface area (Å²) in [7, 11) is 1.62. The molecule has 1 aromatic rings. The lowest BCUT2D eigenvalue weighted by Gasteiger charge is -2.39. The number of benzene rings is 1. The number of nitrogens with two attached hydrogens (primary N) is 1. The lowest BCUT2D eigenvalue weighted by atomic mass is 9.94. The van der Waals surface area contributed by atoms with E-state index in [9.17, 15) is 10.3 Å². The second-order valence-electron chi connectivity index (χ2n) is 6.35. The molecule has 0 heterocycles. The van der Waals surface area contributed by atoms with Crippen LogP contribution in [0.2, 0.25) is 0 Å². The van der Waals surface area contributed by atoms with E-state index in [1.807, 2.05) is 25.1 Å². The first-order valence-corrected chi connectivity index (χ1v) is 8.57. The van der Waals surface area contributed by atoms with Crippen molar-refractivity contribution in [1.29, 1.82) is 0 Å². The fourth-order valence-electron chi connectivity index (χ4n) is 2.88. The Morgan fingerprint density at radius 2 is 2.00 bits per heavy atom. The molecule has 0 aliphatic rings. The normalized spacial score (nSPS) is 16.2. The number of aliphatic hydroxyl groups excluding tert-OH is 1. The van der Waals surface area contributed by atoms with Gasteiger partial charge in [0.2, 0.25) is 0 Å². The minimum atomic E-state index is -1.01. The molecular weight excluding hydrogens is 304 g/mol. The summed E-state index contributed by atoms with van der Waals surface area (Å²) in [6.45, 7) is 7.99. The summed E-state index contributed by atoms with van der Waals surface area (Å²) in [5.41, 5.74) is 6.98. The van der Waals surface area contributed by atoms with Gasteiger partial charge in [0, 0.05) is 31.3 Å². The lowest BCUT2D eigenvalue weighted by molar-refractivity contribution is 0.0268. The lowest BCUT2D eigenvalue weighted by Crippen LogP contribution is -2.44. The number of nitrogens with zero attached hydrogens (tertiary/aromatic N) is 1. The van der Waals surface area contributed by atoms with E-state index in [-0.39, 0.29) is 30.3 Å². The van der Waals surface area contributed by atoms with Gasteiger partial charge in [0.1, 0.15) is 6.10 Å². The van der Waals surface area contributed by atoms with Gasteiger partial charge in [0.15, 0.2) is 0 Å². The molecule has 0 radical (unpaired) electrons. The minimum Gasteiger partial charge on any atom is -0.758 e. The van der Waals surface area contributed by atoms with Crippen LogP contribution in [0.1, 0.15) is 44.8 Å². The monoisotopic (exact) mass is 335 g/mol. The van der Waals surface area contributed by atoms with Gasteiger partial charge in [-0.1, -0.05) is 63.6 Å². The fraction of sp³-hybridized carbons (Fsp3) is 0.579. The molecule has 4 atom stereocenters. The van der Waals surface area contributed by atoms with E-state index in [0.717, 1.165) is 24.3 Å². The molecule has 1 rings (SSSR count). The highest BCUT2D eigenvalue weighted by atomic mass is 16.5. The molecule has 0 unspecified atom stereocenters. The molecule has 0 amide bonds. The second-order valence-corrected chi connectivity index (χ2v) is 6.35. The van der Waals surface area contributed by atoms with Gasteiger partial charge < -0.3 is 25.8 Å². The molecule has 0 bridgehead atoms. The van der Waals surface area contributed by atoms with Gasteiger partial charge in [-0.15, -0.1) is 0 Å². The maximum Gasteiger partial charge on any atom is 0.117 e. The zero-order chi connectivity index (χ0) is 18.1. The molecule has 0 aliphatic heterocycles. The molecule has 0 aliphatic carbocycles. The second kappa shape index (κ2) is 10.5. The van der Waals surface area contributed by atoms with Gasteiger partial charge >= 0.3 is 0 Å². The topological polar surface area (TPSA) is 81.8 Å². The Morgan fingerprint density at radius 1 is 1.38 bits per heavy atom. The van der Waals surface area contributed by atoms with E-state index < -0.39 is 6.10 Å². The van der Waals surface area contributed by atoms with Crippen LogP contribution in [0.3, 0.4) is 0 Å². The van der Waals surface area contributed by atoms with Crippen LogP contribution < -0.4 is 5.73 Å². The van der Waals surface area contributed by atoms with Gasteiger partial charge in [-0.3, -0.25) is 0 Å². The van der Waals surface area contributed by atoms with Crippen LogP contribution in [-0.2, 0) is 4.74 Å². The van der Waals surface area contributed by atoms with Gasteiger partial charge in [-0.25, -0.2) is 0 Å². The molecular formula is C19H31N2O3-. The van der Waals surface area contributed by atoms with Gasteiger partial charge in [0.05, 0.1) is 6.10 Å². The van der Waals surface area contributed by atoms with E-state index in [1.165, 1.54) is 0 Å². The Bertz CT molecular complexity index is 481. The molecule has 0 fully saturated rings. The average Bonchev–Trinajstić information content (AvgIpc) is 2.59. The van der Waals surface area contributed by atoms with Gasteiger partial charge in [-0.05, 0) is 12.0 Å². The summed E-state index contributed by atoms with van der Waals surface area (Å²) in [6, 6.07) is 8.92. The largest absolute Gasteiger partial charge is 0.758 e. The number of rotatable bonds is 11. The van der Waals surface area contributed by atoms with Crippen molar-refractivity contribution in [3.63, 3.8) is 0 Å². The molecule has 0 spiro atoms. The average molecular weight is 335 g/mol. The molecule has 3 N–H and O–H groups in total. The van der Waals surface area contributed by atoms with Crippen LogP contribution in [0, 0.1) is 11.1 Å². The van der Waals surface area contributed by atoms with Crippen LogP contribution >= 0.6 is 0 Å². The van der Waals surface area contributed by atoms with Crippen molar-refractivity contribution in [2.45, 2.75) is 51.4 Å². The Morgan fingerprint density at radius 3 is 2.54 bits per heavy atom. The highest BCUT2D eigenvalue weighted by Crippen LogP contribution is 2.24. The van der Waals surface area contributed by atoms with E-state index >= 15 is 0 Å². The molecule has 24 heavy (non-hydrogen) atoms. The van der Waals surface area contributed by atoms with E-state index in [0.29, 0.717) is 5.56 Å². The summed E-state index contributed by atoms with van der Waals surface area (Å²) in [6.07, 6.45) is 1.77. The van der Waals surface area contributed by atoms with Crippen LogP contribution in [0.25, 0.3) is 0 Å². The summed E-state index contributed by atoms with van der Waals surface area (Å²) < 4.78 is 5.51. The number of hydroxylamine groups is 2. The summed E-state index contributed by atoms with van der Waals surface area (Å²) in [5.74, 6) is -0.0703. The maximum atomic E-state index is 12.4. The van der Waals surface area contributed by atoms with Crippen LogP contribution in [0.5, 0.6) is 0 Å². The molecule has 136 valence electrons. The van der Waals surface area contributed by atoms with Crippen molar-refractivity contribution in [2.24, 2.45) is 11.7 Å². The zero-order valence-electron chi connectivity index (χ0n) is 15.0. The molecule has 0 aromatic heterocycles. The first kappa shape index (κ1) is 20.6. The van der Waals surface area contributed by atoms with Crippen LogP contribution in [-0.4, -0.2) is 36.0 Å². The summed E-state index contributed by atoms with van der Waals surface area (Å²) in [4.78, 5) is 0. The van der Waals surface area contributed by atoms with E-state index in [2.05, 4.69) is 13.5 Å². The third-order valence-corrected chi connectivity index (χ3v) is 4.35. The van der Waals surface area contributed by atoms with E-state index in [1.54, 1.807) is 19.2 Å².